The van der Waals surface area contributed by atoms with Crippen molar-refractivity contribution in [2.45, 2.75) is 57.6 Å². The van der Waals surface area contributed by atoms with Crippen LogP contribution in [-0.4, -0.2) is 71.4 Å². The molecule has 37 heavy (non-hydrogen) atoms. The molecule has 198 valence electrons. The molecule has 1 unspecified atom stereocenters. The Morgan fingerprint density at radius 3 is 2.05 bits per heavy atom. The summed E-state index contributed by atoms with van der Waals surface area (Å²) in [6, 6.07) is 15.1. The molecule has 0 spiro atoms. The van der Waals surface area contributed by atoms with E-state index in [4.69, 9.17) is 9.47 Å². The van der Waals surface area contributed by atoms with Crippen molar-refractivity contribution in [3.05, 3.63) is 59.7 Å². The Bertz CT molecular complexity index is 1100. The molecule has 1 atom stereocenters. The summed E-state index contributed by atoms with van der Waals surface area (Å²) in [5, 5.41) is 9.90. The third kappa shape index (κ3) is 6.06. The fourth-order valence-corrected chi connectivity index (χ4v) is 5.24. The number of ether oxygens (including phenoxy) is 2. The molecule has 8 nitrogen and oxygen atoms in total. The SMILES string of the molecule is CN(C(=O)OCC1c2ccccc2-c2ccccc21)C(CC1CCN(C(=O)OC(C)(C)C)CC1)C(=O)O. The molecule has 1 aliphatic heterocycles. The standard InChI is InChI=1S/C29H36N2O6/c1-29(2,3)37-28(35)31-15-13-19(14-16-31)17-25(26(32)33)30(4)27(34)36-18-24-22-11-7-5-9-20(22)21-10-6-8-12-23(21)24/h5-12,19,24-25H,13-18H2,1-4H3,(H,32,33). The molecule has 2 amide bonds. The summed E-state index contributed by atoms with van der Waals surface area (Å²) < 4.78 is 11.1. The van der Waals surface area contributed by atoms with Crippen molar-refractivity contribution >= 4 is 18.2 Å². The van der Waals surface area contributed by atoms with Crippen molar-refractivity contribution in [3.63, 3.8) is 0 Å². The zero-order valence-electron chi connectivity index (χ0n) is 22.0. The van der Waals surface area contributed by atoms with Crippen LogP contribution in [0.15, 0.2) is 48.5 Å². The van der Waals surface area contributed by atoms with E-state index in [2.05, 4.69) is 12.1 Å². The fourth-order valence-electron chi connectivity index (χ4n) is 5.24. The maximum atomic E-state index is 13.0. The lowest BCUT2D eigenvalue weighted by molar-refractivity contribution is -0.143. The van der Waals surface area contributed by atoms with Crippen LogP contribution < -0.4 is 0 Å². The average molecular weight is 509 g/mol. The number of likely N-dealkylation sites (tertiary alicyclic amines) is 1. The highest BCUT2D eigenvalue weighted by Crippen LogP contribution is 2.44. The van der Waals surface area contributed by atoms with Crippen LogP contribution in [0.4, 0.5) is 9.59 Å². The van der Waals surface area contributed by atoms with E-state index in [-0.39, 0.29) is 24.5 Å². The quantitative estimate of drug-likeness (QED) is 0.565. The molecule has 2 aliphatic rings. The largest absolute Gasteiger partial charge is 0.480 e. The predicted octanol–water partition coefficient (Wildman–Crippen LogP) is 5.36. The van der Waals surface area contributed by atoms with Gasteiger partial charge in [-0.25, -0.2) is 14.4 Å². The molecule has 1 saturated heterocycles. The first-order valence-corrected chi connectivity index (χ1v) is 12.8. The number of hydrogen-bond donors (Lipinski definition) is 1. The minimum absolute atomic E-state index is 0.0728. The molecule has 8 heteroatoms. The van der Waals surface area contributed by atoms with Gasteiger partial charge in [0.25, 0.3) is 0 Å². The highest BCUT2D eigenvalue weighted by Gasteiger charge is 2.35. The van der Waals surface area contributed by atoms with Gasteiger partial charge >= 0.3 is 18.2 Å². The van der Waals surface area contributed by atoms with Crippen molar-refractivity contribution in [2.24, 2.45) is 5.92 Å². The third-order valence-corrected chi connectivity index (χ3v) is 7.20. The van der Waals surface area contributed by atoms with Gasteiger partial charge in [-0.1, -0.05) is 48.5 Å². The lowest BCUT2D eigenvalue weighted by Crippen LogP contribution is -2.46. The fraction of sp³-hybridized carbons (Fsp3) is 0.483. The molecule has 1 fully saturated rings. The number of hydrogen-bond acceptors (Lipinski definition) is 5. The molecule has 1 heterocycles. The highest BCUT2D eigenvalue weighted by atomic mass is 16.6. The summed E-state index contributed by atoms with van der Waals surface area (Å²) in [6.45, 7) is 6.62. The first-order chi connectivity index (χ1) is 17.5. The van der Waals surface area contributed by atoms with Gasteiger partial charge in [0, 0.05) is 26.1 Å². The maximum absolute atomic E-state index is 13.0. The number of carboxylic acid groups (broad SMARTS) is 1. The molecule has 0 bridgehead atoms. The number of likely N-dealkylation sites (N-methyl/N-ethyl adjacent to an activating group) is 1. The number of aliphatic carboxylic acids is 1. The number of nitrogens with zero attached hydrogens (tertiary/aromatic N) is 2. The number of carbonyl (C=O) groups is 3. The molecule has 0 saturated carbocycles. The monoisotopic (exact) mass is 508 g/mol. The number of carboxylic acids is 1. The third-order valence-electron chi connectivity index (χ3n) is 7.20. The van der Waals surface area contributed by atoms with Crippen LogP contribution in [0.1, 0.15) is 57.1 Å². The summed E-state index contributed by atoms with van der Waals surface area (Å²) in [6.07, 6.45) is 0.610. The number of carbonyl (C=O) groups excluding carboxylic acids is 2. The zero-order valence-corrected chi connectivity index (χ0v) is 22.0. The van der Waals surface area contributed by atoms with Gasteiger partial charge in [0.2, 0.25) is 0 Å². The Balaban J connectivity index is 1.34. The number of rotatable bonds is 6. The molecule has 1 aliphatic carbocycles. The van der Waals surface area contributed by atoms with Crippen molar-refractivity contribution in [3.8, 4) is 11.1 Å². The van der Waals surface area contributed by atoms with E-state index in [9.17, 15) is 19.5 Å². The van der Waals surface area contributed by atoms with Crippen LogP contribution in [0.2, 0.25) is 0 Å². The molecular formula is C29H36N2O6. The van der Waals surface area contributed by atoms with Crippen molar-refractivity contribution in [2.75, 3.05) is 26.7 Å². The predicted molar refractivity (Wildman–Crippen MR) is 139 cm³/mol. The summed E-state index contributed by atoms with van der Waals surface area (Å²) in [7, 11) is 1.48. The second kappa shape index (κ2) is 10.8. The van der Waals surface area contributed by atoms with E-state index < -0.39 is 23.7 Å². The maximum Gasteiger partial charge on any atom is 0.410 e. The van der Waals surface area contributed by atoms with E-state index in [0.29, 0.717) is 32.4 Å². The second-order valence-corrected chi connectivity index (χ2v) is 10.9. The van der Waals surface area contributed by atoms with Crippen LogP contribution >= 0.6 is 0 Å². The van der Waals surface area contributed by atoms with Crippen molar-refractivity contribution < 1.29 is 29.0 Å². The number of fused-ring (bicyclic) bond motifs is 3. The van der Waals surface area contributed by atoms with Crippen LogP contribution in [-0.2, 0) is 14.3 Å². The van der Waals surface area contributed by atoms with E-state index in [1.54, 1.807) is 4.90 Å². The topological polar surface area (TPSA) is 96.4 Å². The Morgan fingerprint density at radius 2 is 1.54 bits per heavy atom. The van der Waals surface area contributed by atoms with Crippen molar-refractivity contribution in [1.82, 2.24) is 9.80 Å². The molecular weight excluding hydrogens is 472 g/mol. The van der Waals surface area contributed by atoms with Gasteiger partial charge in [-0.2, -0.15) is 0 Å². The molecule has 0 aromatic heterocycles. The Labute approximate surface area is 218 Å². The van der Waals surface area contributed by atoms with Gasteiger partial charge in [-0.15, -0.1) is 0 Å². The lowest BCUT2D eigenvalue weighted by atomic mass is 9.90. The first-order valence-electron chi connectivity index (χ1n) is 12.8. The summed E-state index contributed by atoms with van der Waals surface area (Å²) in [5.74, 6) is -1.08. The average Bonchev–Trinajstić information content (AvgIpc) is 3.18. The van der Waals surface area contributed by atoms with Crippen LogP contribution in [0, 0.1) is 5.92 Å². The van der Waals surface area contributed by atoms with Gasteiger partial charge in [-0.05, 0) is 68.2 Å². The number of amides is 2. The van der Waals surface area contributed by atoms with Gasteiger partial charge in [-0.3, -0.25) is 4.90 Å². The van der Waals surface area contributed by atoms with E-state index in [1.807, 2.05) is 57.2 Å². The minimum Gasteiger partial charge on any atom is -0.480 e. The van der Waals surface area contributed by atoms with E-state index in [0.717, 1.165) is 22.3 Å². The Morgan fingerprint density at radius 1 is 1.00 bits per heavy atom. The van der Waals surface area contributed by atoms with Gasteiger partial charge in [0.05, 0.1) is 0 Å². The molecule has 2 aromatic carbocycles. The van der Waals surface area contributed by atoms with Crippen LogP contribution in [0.25, 0.3) is 11.1 Å². The zero-order chi connectivity index (χ0) is 26.7. The lowest BCUT2D eigenvalue weighted by Gasteiger charge is -2.35. The summed E-state index contributed by atoms with van der Waals surface area (Å²) in [4.78, 5) is 40.2. The first kappa shape index (κ1) is 26.5. The summed E-state index contributed by atoms with van der Waals surface area (Å²) in [5.41, 5.74) is 3.91. The highest BCUT2D eigenvalue weighted by molar-refractivity contribution is 5.81. The second-order valence-electron chi connectivity index (χ2n) is 10.9. The number of benzene rings is 2. The van der Waals surface area contributed by atoms with E-state index in [1.165, 1.54) is 11.9 Å². The summed E-state index contributed by atoms with van der Waals surface area (Å²) >= 11 is 0. The van der Waals surface area contributed by atoms with Gasteiger partial charge in [0.1, 0.15) is 18.2 Å². The number of piperidine rings is 1. The molecule has 2 aromatic rings. The van der Waals surface area contributed by atoms with Gasteiger partial charge in [0.15, 0.2) is 0 Å². The van der Waals surface area contributed by atoms with E-state index >= 15 is 0 Å². The molecule has 0 radical (unpaired) electrons. The minimum atomic E-state index is -1.06. The molecule has 1 N–H and O–H groups in total. The van der Waals surface area contributed by atoms with Gasteiger partial charge < -0.3 is 19.5 Å². The Hall–Kier alpha value is -3.55. The molecule has 4 rings (SSSR count). The van der Waals surface area contributed by atoms with Crippen LogP contribution in [0.5, 0.6) is 0 Å². The smallest absolute Gasteiger partial charge is 0.410 e. The normalized spacial score (nSPS) is 16.5. The van der Waals surface area contributed by atoms with Crippen molar-refractivity contribution in [1.29, 1.82) is 0 Å². The Kier molecular flexibility index (Phi) is 7.76. The van der Waals surface area contributed by atoms with Crippen LogP contribution in [0.3, 0.4) is 0 Å².